The van der Waals surface area contributed by atoms with Gasteiger partial charge >= 0.3 is 0 Å². The second-order valence-corrected chi connectivity index (χ2v) is 5.52. The molecule has 1 atom stereocenters. The van der Waals surface area contributed by atoms with Gasteiger partial charge in [-0.25, -0.2) is 0 Å². The van der Waals surface area contributed by atoms with Crippen LogP contribution in [-0.4, -0.2) is 49.3 Å². The van der Waals surface area contributed by atoms with Crippen molar-refractivity contribution in [1.29, 1.82) is 0 Å². The molecule has 0 saturated carbocycles. The van der Waals surface area contributed by atoms with Crippen molar-refractivity contribution < 1.29 is 19.4 Å². The van der Waals surface area contributed by atoms with Crippen LogP contribution in [0.1, 0.15) is 23.2 Å². The zero-order valence-corrected chi connectivity index (χ0v) is 13.1. The zero-order chi connectivity index (χ0) is 14.7. The normalized spacial score (nSPS) is 18.2. The smallest absolute Gasteiger partial charge is 0.258 e. The minimum Gasteiger partial charge on any atom is -0.497 e. The van der Waals surface area contributed by atoms with Gasteiger partial charge in [0.1, 0.15) is 11.5 Å². The summed E-state index contributed by atoms with van der Waals surface area (Å²) in [6.45, 7) is 0.640. The number of aliphatic hydroxyl groups is 1. The summed E-state index contributed by atoms with van der Waals surface area (Å²) in [4.78, 5) is 14.4. The average Bonchev–Trinajstić information content (AvgIpc) is 2.93. The second-order valence-electron chi connectivity index (χ2n) is 4.67. The van der Waals surface area contributed by atoms with E-state index in [1.54, 1.807) is 24.1 Å². The van der Waals surface area contributed by atoms with Crippen LogP contribution in [0.15, 0.2) is 16.6 Å². The van der Waals surface area contributed by atoms with Gasteiger partial charge in [0.2, 0.25) is 0 Å². The molecule has 110 valence electrons. The largest absolute Gasteiger partial charge is 0.497 e. The lowest BCUT2D eigenvalue weighted by atomic mass is 10.1. The van der Waals surface area contributed by atoms with Crippen LogP contribution in [0.25, 0.3) is 0 Å². The van der Waals surface area contributed by atoms with E-state index >= 15 is 0 Å². The third-order valence-corrected chi connectivity index (χ3v) is 4.13. The quantitative estimate of drug-likeness (QED) is 0.909. The summed E-state index contributed by atoms with van der Waals surface area (Å²) in [6, 6.07) is 3.30. The van der Waals surface area contributed by atoms with Crippen LogP contribution in [0, 0.1) is 0 Å². The zero-order valence-electron chi connectivity index (χ0n) is 11.6. The Hall–Kier alpha value is -1.27. The van der Waals surface area contributed by atoms with Crippen molar-refractivity contribution in [3.63, 3.8) is 0 Å². The van der Waals surface area contributed by atoms with Crippen LogP contribution in [-0.2, 0) is 0 Å². The van der Waals surface area contributed by atoms with Gasteiger partial charge in [-0.3, -0.25) is 4.79 Å². The number of carbonyl (C=O) groups is 1. The molecule has 1 unspecified atom stereocenters. The fourth-order valence-corrected chi connectivity index (χ4v) is 3.10. The maximum atomic E-state index is 12.7. The van der Waals surface area contributed by atoms with E-state index in [1.165, 1.54) is 7.11 Å². The van der Waals surface area contributed by atoms with Crippen molar-refractivity contribution in [3.05, 3.63) is 22.2 Å². The SMILES string of the molecule is COc1cc(Br)c(OC)c(C(=O)N2CCCC2CO)c1. The molecule has 0 radical (unpaired) electrons. The molecule has 6 heteroatoms. The molecule has 1 N–H and O–H groups in total. The predicted molar refractivity (Wildman–Crippen MR) is 78.4 cm³/mol. The van der Waals surface area contributed by atoms with Crippen LogP contribution in [0.3, 0.4) is 0 Å². The number of nitrogens with zero attached hydrogens (tertiary/aromatic N) is 1. The lowest BCUT2D eigenvalue weighted by Gasteiger charge is -2.24. The number of benzene rings is 1. The molecule has 1 aliphatic heterocycles. The lowest BCUT2D eigenvalue weighted by Crippen LogP contribution is -2.37. The van der Waals surface area contributed by atoms with E-state index in [9.17, 15) is 9.90 Å². The van der Waals surface area contributed by atoms with Gasteiger partial charge in [0.25, 0.3) is 5.91 Å². The number of rotatable bonds is 4. The maximum Gasteiger partial charge on any atom is 0.258 e. The Morgan fingerprint density at radius 3 is 2.80 bits per heavy atom. The molecule has 1 fully saturated rings. The van der Waals surface area contributed by atoms with Crippen LogP contribution in [0.2, 0.25) is 0 Å². The number of likely N-dealkylation sites (tertiary alicyclic amines) is 1. The summed E-state index contributed by atoms with van der Waals surface area (Å²) in [5.41, 5.74) is 0.444. The minimum absolute atomic E-state index is 0.0147. The fraction of sp³-hybridized carbons (Fsp3) is 0.500. The number of carbonyl (C=O) groups excluding carboxylic acids is 1. The number of methoxy groups -OCH3 is 2. The average molecular weight is 344 g/mol. The predicted octanol–water partition coefficient (Wildman–Crippen LogP) is 2.06. The summed E-state index contributed by atoms with van der Waals surface area (Å²) in [6.07, 6.45) is 1.74. The summed E-state index contributed by atoms with van der Waals surface area (Å²) in [5, 5.41) is 9.35. The molecule has 5 nitrogen and oxygen atoms in total. The first-order valence-corrected chi connectivity index (χ1v) is 7.25. The van der Waals surface area contributed by atoms with Gasteiger partial charge in [0.05, 0.1) is 36.9 Å². The highest BCUT2D eigenvalue weighted by atomic mass is 79.9. The molecule has 0 aliphatic carbocycles. The lowest BCUT2D eigenvalue weighted by molar-refractivity contribution is 0.0674. The molecule has 1 aromatic rings. The Morgan fingerprint density at radius 1 is 1.45 bits per heavy atom. The number of hydrogen-bond acceptors (Lipinski definition) is 4. The molecule has 0 spiro atoms. The van der Waals surface area contributed by atoms with E-state index in [0.717, 1.165) is 12.8 Å². The molecule has 2 rings (SSSR count). The number of hydrogen-bond donors (Lipinski definition) is 1. The van der Waals surface area contributed by atoms with Crippen molar-refractivity contribution in [2.45, 2.75) is 18.9 Å². The van der Waals surface area contributed by atoms with E-state index < -0.39 is 0 Å². The van der Waals surface area contributed by atoms with Gasteiger partial charge in [0, 0.05) is 6.54 Å². The topological polar surface area (TPSA) is 59.0 Å². The minimum atomic E-state index is -0.141. The first kappa shape index (κ1) is 15.1. The maximum absolute atomic E-state index is 12.7. The Kier molecular flexibility index (Phi) is 4.88. The molecule has 1 amide bonds. The van der Waals surface area contributed by atoms with E-state index in [4.69, 9.17) is 9.47 Å². The molecule has 20 heavy (non-hydrogen) atoms. The third kappa shape index (κ3) is 2.76. The number of aliphatic hydroxyl groups excluding tert-OH is 1. The summed E-state index contributed by atoms with van der Waals surface area (Å²) in [5.74, 6) is 0.929. The van der Waals surface area contributed by atoms with E-state index in [1.807, 2.05) is 0 Å². The highest BCUT2D eigenvalue weighted by Gasteiger charge is 2.31. The second kappa shape index (κ2) is 6.45. The molecule has 1 aromatic carbocycles. The summed E-state index contributed by atoms with van der Waals surface area (Å²) < 4.78 is 11.2. The van der Waals surface area contributed by atoms with Gasteiger partial charge < -0.3 is 19.5 Å². The molecule has 0 aromatic heterocycles. The number of ether oxygens (including phenoxy) is 2. The summed E-state index contributed by atoms with van der Waals surface area (Å²) >= 11 is 3.38. The van der Waals surface area contributed by atoms with Crippen molar-refractivity contribution in [3.8, 4) is 11.5 Å². The first-order valence-electron chi connectivity index (χ1n) is 6.45. The standard InChI is InChI=1S/C14H18BrNO4/c1-19-10-6-11(13(20-2)12(15)7-10)14(18)16-5-3-4-9(16)8-17/h6-7,9,17H,3-5,8H2,1-2H3. The molecule has 1 aliphatic rings. The number of amides is 1. The summed E-state index contributed by atoms with van der Waals surface area (Å²) in [7, 11) is 3.08. The Bertz CT molecular complexity index is 506. The van der Waals surface area contributed by atoms with Crippen molar-refractivity contribution >= 4 is 21.8 Å². The molecule has 0 bridgehead atoms. The van der Waals surface area contributed by atoms with Gasteiger partial charge in [-0.05, 0) is 40.9 Å². The van der Waals surface area contributed by atoms with Crippen LogP contribution in [0.4, 0.5) is 0 Å². The highest BCUT2D eigenvalue weighted by molar-refractivity contribution is 9.10. The van der Waals surface area contributed by atoms with Gasteiger partial charge in [-0.2, -0.15) is 0 Å². The van der Waals surface area contributed by atoms with Crippen LogP contribution in [0.5, 0.6) is 11.5 Å². The molecule has 1 saturated heterocycles. The van der Waals surface area contributed by atoms with Gasteiger partial charge in [-0.1, -0.05) is 0 Å². The molecule has 1 heterocycles. The monoisotopic (exact) mass is 343 g/mol. The molecular weight excluding hydrogens is 326 g/mol. The van der Waals surface area contributed by atoms with Crippen LogP contribution < -0.4 is 9.47 Å². The highest BCUT2D eigenvalue weighted by Crippen LogP contribution is 2.35. The van der Waals surface area contributed by atoms with Crippen LogP contribution >= 0.6 is 15.9 Å². The Balaban J connectivity index is 2.40. The Labute approximate surface area is 126 Å². The van der Waals surface area contributed by atoms with Gasteiger partial charge in [0.15, 0.2) is 0 Å². The number of halogens is 1. The van der Waals surface area contributed by atoms with Crippen molar-refractivity contribution in [2.24, 2.45) is 0 Å². The van der Waals surface area contributed by atoms with Gasteiger partial charge in [-0.15, -0.1) is 0 Å². The third-order valence-electron chi connectivity index (χ3n) is 3.54. The van der Waals surface area contributed by atoms with Crippen molar-refractivity contribution in [1.82, 2.24) is 4.90 Å². The van der Waals surface area contributed by atoms with Crippen molar-refractivity contribution in [2.75, 3.05) is 27.4 Å². The van der Waals surface area contributed by atoms with E-state index in [0.29, 0.717) is 28.1 Å². The first-order chi connectivity index (χ1) is 9.62. The fourth-order valence-electron chi connectivity index (χ4n) is 2.50. The molecular formula is C14H18BrNO4. The Morgan fingerprint density at radius 2 is 2.20 bits per heavy atom. The van der Waals surface area contributed by atoms with E-state index in [2.05, 4.69) is 15.9 Å². The van der Waals surface area contributed by atoms with E-state index in [-0.39, 0.29) is 18.6 Å².